The Bertz CT molecular complexity index is 5640. The topological polar surface area (TPSA) is 16.3 Å². The summed E-state index contributed by atoms with van der Waals surface area (Å²) in [5.41, 5.74) is 24.0. The molecule has 0 aliphatic carbocycles. The van der Waals surface area contributed by atoms with Crippen LogP contribution in [0.25, 0.3) is 66.1 Å². The van der Waals surface area contributed by atoms with Gasteiger partial charge in [-0.2, -0.15) is 0 Å². The lowest BCUT2D eigenvalue weighted by molar-refractivity contribution is 0.568. The van der Waals surface area contributed by atoms with Gasteiger partial charge in [0, 0.05) is 61.4 Å². The molecule has 5 heterocycles. The predicted molar refractivity (Wildman–Crippen MR) is 418 cm³/mol. The first kappa shape index (κ1) is 53.0. The van der Waals surface area contributed by atoms with Crippen LogP contribution >= 0.6 is 0 Å². The molecule has 6 heteroatoms. The number of nitrogens with zero attached hydrogens (tertiary/aromatic N) is 4. The molecule has 0 fully saturated rings. The zero-order valence-corrected chi connectivity index (χ0v) is 59.1. The highest BCUT2D eigenvalue weighted by Gasteiger charge is 2.46. The van der Waals surface area contributed by atoms with Crippen molar-refractivity contribution in [1.82, 2.24) is 9.13 Å². The van der Waals surface area contributed by atoms with Crippen molar-refractivity contribution in [3.63, 3.8) is 0 Å². The van der Waals surface area contributed by atoms with Gasteiger partial charge in [-0.15, -0.1) is 0 Å². The fourth-order valence-corrected chi connectivity index (χ4v) is 15.6. The molecule has 3 aliphatic rings. The van der Waals surface area contributed by atoms with E-state index in [2.05, 4.69) is 309 Å². The summed E-state index contributed by atoms with van der Waals surface area (Å²) < 4.78 is 81.0. The van der Waals surface area contributed by atoms with E-state index in [0.29, 0.717) is 5.69 Å². The van der Waals surface area contributed by atoms with Crippen LogP contribution in [0.4, 0.5) is 34.1 Å². The molecule has 13 aromatic rings. The van der Waals surface area contributed by atoms with E-state index in [1.165, 1.54) is 44.0 Å². The van der Waals surface area contributed by atoms with Gasteiger partial charge >= 0.3 is 0 Å². The second-order valence-corrected chi connectivity index (χ2v) is 33.8. The summed E-state index contributed by atoms with van der Waals surface area (Å²) in [5, 5.41) is 2.40. The molecule has 0 saturated carbocycles. The van der Waals surface area contributed by atoms with Gasteiger partial charge in [0.15, 0.2) is 0 Å². The number of hydrogen-bond donors (Lipinski definition) is 0. The maximum Gasteiger partial charge on any atom is 0.252 e. The molecule has 0 bridgehead atoms. The normalized spacial score (nSPS) is 15.2. The Balaban J connectivity index is 1.11. The predicted octanol–water partition coefficient (Wildman–Crippen LogP) is 20.2. The molecule has 2 aromatic heterocycles. The van der Waals surface area contributed by atoms with Crippen molar-refractivity contribution in [1.29, 1.82) is 0 Å². The molecule has 4 nitrogen and oxygen atoms in total. The van der Waals surface area contributed by atoms with Gasteiger partial charge in [0.2, 0.25) is 6.71 Å². The van der Waals surface area contributed by atoms with Crippen molar-refractivity contribution in [3.05, 3.63) is 252 Å². The smallest absolute Gasteiger partial charge is 0.252 e. The monoisotopic (exact) mass is 1260 g/mol. The van der Waals surface area contributed by atoms with Gasteiger partial charge in [0.05, 0.1) is 38.7 Å². The summed E-state index contributed by atoms with van der Waals surface area (Å²) in [6.45, 7) is 40.4. The zero-order chi connectivity index (χ0) is 74.2. The highest BCUT2D eigenvalue weighted by molar-refractivity contribution is 7.01. The molecule has 0 N–H and O–H groups in total. The molecule has 3 aliphatic heterocycles. The van der Waals surface area contributed by atoms with E-state index in [1.54, 1.807) is 4.57 Å². The highest BCUT2D eigenvalue weighted by atomic mass is 15.2. The maximum atomic E-state index is 10.0. The van der Waals surface area contributed by atoms with Crippen molar-refractivity contribution in [2.75, 3.05) is 9.80 Å². The van der Waals surface area contributed by atoms with Crippen LogP contribution < -0.4 is 42.6 Å². The van der Waals surface area contributed by atoms with Crippen LogP contribution in [0.15, 0.2) is 218 Å². The van der Waals surface area contributed by atoms with Gasteiger partial charge in [-0.05, 0) is 184 Å². The highest BCUT2D eigenvalue weighted by Crippen LogP contribution is 2.50. The molecule has 476 valence electrons. The third kappa shape index (κ3) is 9.76. The number of aromatic nitrogens is 2. The summed E-state index contributed by atoms with van der Waals surface area (Å²) in [5.74, 6) is 0. The number of benzene rings is 11. The lowest BCUT2D eigenvalue weighted by Gasteiger charge is -2.45. The number of para-hydroxylation sites is 2. The van der Waals surface area contributed by atoms with Crippen molar-refractivity contribution in [3.8, 4) is 22.5 Å². The van der Waals surface area contributed by atoms with Crippen molar-refractivity contribution >= 4 is 124 Å². The third-order valence-electron chi connectivity index (χ3n) is 21.1. The van der Waals surface area contributed by atoms with Gasteiger partial charge in [-0.25, -0.2) is 0 Å². The average molecular weight is 1260 g/mol. The molecule has 16 rings (SSSR count). The van der Waals surface area contributed by atoms with E-state index >= 15 is 0 Å². The molecule has 0 radical (unpaired) electrons. The van der Waals surface area contributed by atoms with Crippen molar-refractivity contribution in [2.24, 2.45) is 0 Å². The van der Waals surface area contributed by atoms with Gasteiger partial charge < -0.3 is 18.9 Å². The van der Waals surface area contributed by atoms with Gasteiger partial charge in [0.25, 0.3) is 6.71 Å². The fraction of sp³-hybridized carbons (Fsp3) is 0.267. The van der Waals surface area contributed by atoms with E-state index in [-0.39, 0.29) is 85.2 Å². The first-order chi connectivity index (χ1) is 48.7. The molecule has 0 spiro atoms. The average Bonchev–Trinajstić information content (AvgIpc) is 1.12. The quantitative estimate of drug-likeness (QED) is 0.160. The largest absolute Gasteiger partial charge is 0.311 e. The second-order valence-electron chi connectivity index (χ2n) is 33.8. The molecule has 0 saturated heterocycles. The Morgan fingerprint density at radius 3 is 1.10 bits per heavy atom. The van der Waals surface area contributed by atoms with Crippen molar-refractivity contribution in [2.45, 2.75) is 157 Å². The first-order valence-electron chi connectivity index (χ1n) is 38.4. The van der Waals surface area contributed by atoms with E-state index in [0.717, 1.165) is 95.0 Å². The minimum Gasteiger partial charge on any atom is -0.311 e. The SMILES string of the molecule is [2H]c1c([2H])c([2H])c2c(c1[2H])c1c([2H])c([2H])c([2H])c([2H])c1n2-c1cc2c3c(c1)N(c1cc(C(C)(C)C)cc(C(C)(C)C)c1)c1cc(-n4c5ccc(C(C)(C)C)cc5c5cc(C(C)(C)C)ccc54)ccc1B3c1ccc(B3c4ccccc4-c4ccccc43)cc1N2c1cc(C(C)(C)C)cc(C(C)(C)C)c1. The zero-order valence-electron chi connectivity index (χ0n) is 67.1. The van der Waals surface area contributed by atoms with Gasteiger partial charge in [-0.1, -0.05) is 268 Å². The number of rotatable bonds is 5. The molecule has 96 heavy (non-hydrogen) atoms. The van der Waals surface area contributed by atoms with Crippen LogP contribution in [-0.2, 0) is 32.5 Å². The minimum atomic E-state index is -0.490. The summed E-state index contributed by atoms with van der Waals surface area (Å²) >= 11 is 0. The molecule has 0 amide bonds. The van der Waals surface area contributed by atoms with Crippen LogP contribution in [0, 0.1) is 0 Å². The van der Waals surface area contributed by atoms with Crippen LogP contribution in [-0.4, -0.2) is 22.6 Å². The lowest BCUT2D eigenvalue weighted by Crippen LogP contribution is -2.62. The van der Waals surface area contributed by atoms with E-state index in [9.17, 15) is 11.0 Å². The summed E-state index contributed by atoms with van der Waals surface area (Å²) in [4.78, 5) is 4.90. The Kier molecular flexibility index (Phi) is 11.7. The summed E-state index contributed by atoms with van der Waals surface area (Å²) in [6.07, 6.45) is 0. The van der Waals surface area contributed by atoms with Crippen LogP contribution in [0.3, 0.4) is 0 Å². The first-order valence-corrected chi connectivity index (χ1v) is 34.4. The number of fused-ring (bicyclic) bond motifs is 13. The minimum absolute atomic E-state index is 0.0221. The Hall–Kier alpha value is -9.25. The van der Waals surface area contributed by atoms with Gasteiger partial charge in [0.1, 0.15) is 0 Å². The van der Waals surface area contributed by atoms with Gasteiger partial charge in [-0.3, -0.25) is 0 Å². The molecule has 11 aromatic carbocycles. The van der Waals surface area contributed by atoms with Crippen LogP contribution in [0.2, 0.25) is 0 Å². The Morgan fingerprint density at radius 1 is 0.281 bits per heavy atom. The molecular weight excluding hydrogens is 1160 g/mol. The summed E-state index contributed by atoms with van der Waals surface area (Å²) in [6, 6.07) is 60.9. The number of anilines is 6. The van der Waals surface area contributed by atoms with E-state index < -0.39 is 30.9 Å². The van der Waals surface area contributed by atoms with Crippen LogP contribution in [0.5, 0.6) is 0 Å². The third-order valence-corrected chi connectivity index (χ3v) is 21.1. The van der Waals surface area contributed by atoms with Crippen molar-refractivity contribution < 1.29 is 11.0 Å². The molecule has 0 unspecified atom stereocenters. The van der Waals surface area contributed by atoms with Crippen LogP contribution in [0.1, 0.15) is 169 Å². The standard InChI is InChI=1S/C90H90B2N4/c1-85(2,3)55-35-41-78-70(49-55)71-50-56(86(4,5)6)36-42-79(71)93(78)62-38-40-75-81(52-62)96(64-47-59(89(13,14)15)44-60(48-64)90(16,17)18)83-54-65(94-76-33-25-21-29-68(76)69-30-22-26-34-77(69)94)53-82-84(83)92(75)74-39-37-61(91-72-31-23-19-27-66(72)67-28-20-24-32-73(67)91)51-80(74)95(82)63-45-57(87(7,8)9)43-58(46-63)88(10,11)12/h19-54H,1-18H3/i21D,22D,25D,26D,29D,30D,33D,34D. The lowest BCUT2D eigenvalue weighted by atomic mass is 9.32. The molecular formula is C90H90B2N4. The Morgan fingerprint density at radius 2 is 0.667 bits per heavy atom. The Labute approximate surface area is 582 Å². The molecule has 0 atom stereocenters. The van der Waals surface area contributed by atoms with E-state index in [1.807, 2.05) is 0 Å². The number of hydrogen-bond acceptors (Lipinski definition) is 2. The van der Waals surface area contributed by atoms with E-state index in [4.69, 9.17) is 0 Å². The maximum absolute atomic E-state index is 10.0. The second kappa shape index (κ2) is 21.1. The summed E-state index contributed by atoms with van der Waals surface area (Å²) in [7, 11) is 0. The fourth-order valence-electron chi connectivity index (χ4n) is 15.6.